The molecule has 166 valence electrons. The quantitative estimate of drug-likeness (QED) is 0.467. The first-order chi connectivity index (χ1) is 16.0. The first kappa shape index (κ1) is 20.6. The summed E-state index contributed by atoms with van der Waals surface area (Å²) in [7, 11) is 1.41. The number of aromatic nitrogens is 4. The van der Waals surface area contributed by atoms with E-state index in [1.807, 2.05) is 37.3 Å². The largest absolute Gasteiger partial charge is 0.491 e. The average Bonchev–Trinajstić information content (AvgIpc) is 3.50. The lowest BCUT2D eigenvalue weighted by molar-refractivity contribution is 0.401. The van der Waals surface area contributed by atoms with Crippen LogP contribution in [0.1, 0.15) is 25.1 Å². The summed E-state index contributed by atoms with van der Waals surface area (Å²) >= 11 is 0. The van der Waals surface area contributed by atoms with Crippen LogP contribution in [0, 0.1) is 5.82 Å². The first-order valence-corrected chi connectivity index (χ1v) is 10.4. The molecule has 0 aliphatic carbocycles. The van der Waals surface area contributed by atoms with E-state index < -0.39 is 11.9 Å². The van der Waals surface area contributed by atoms with Crippen LogP contribution in [0.5, 0.6) is 5.75 Å². The second-order valence-electron chi connectivity index (χ2n) is 7.68. The van der Waals surface area contributed by atoms with Gasteiger partial charge in [-0.15, -0.1) is 0 Å². The van der Waals surface area contributed by atoms with Crippen LogP contribution in [0.4, 0.5) is 10.1 Å². The van der Waals surface area contributed by atoms with Crippen LogP contribution in [0.25, 0.3) is 11.4 Å². The second kappa shape index (κ2) is 8.34. The van der Waals surface area contributed by atoms with Gasteiger partial charge in [-0.3, -0.25) is 9.80 Å². The molecule has 0 N–H and O–H groups in total. The lowest BCUT2D eigenvalue weighted by Crippen LogP contribution is -2.28. The van der Waals surface area contributed by atoms with Crippen LogP contribution in [-0.2, 0) is 0 Å². The number of halogens is 1. The van der Waals surface area contributed by atoms with Gasteiger partial charge in [0, 0.05) is 30.6 Å². The van der Waals surface area contributed by atoms with E-state index in [2.05, 4.69) is 15.3 Å². The van der Waals surface area contributed by atoms with Crippen molar-refractivity contribution in [1.82, 2.24) is 19.6 Å². The normalized spacial score (nSPS) is 15.5. The van der Waals surface area contributed by atoms with Gasteiger partial charge < -0.3 is 4.74 Å². The molecule has 1 unspecified atom stereocenters. The molecule has 2 aromatic carbocycles. The lowest BCUT2D eigenvalue weighted by Gasteiger charge is -2.23. The molecular weight excluding hydrogens is 423 g/mol. The highest BCUT2D eigenvalue weighted by atomic mass is 19.1. The second-order valence-corrected chi connectivity index (χ2v) is 7.68. The number of hydrogen-bond donors (Lipinski definition) is 0. The summed E-state index contributed by atoms with van der Waals surface area (Å²) in [5, 5.41) is 15.1. The topological polar surface area (TPSA) is 77.5 Å². The van der Waals surface area contributed by atoms with E-state index in [-0.39, 0.29) is 22.6 Å². The van der Waals surface area contributed by atoms with Crippen molar-refractivity contribution in [3.05, 3.63) is 94.9 Å². The molecule has 0 fully saturated rings. The molecule has 1 atom stereocenters. The Kier molecular flexibility index (Phi) is 5.21. The fraction of sp³-hybridized carbons (Fsp3) is 0.167. The van der Waals surface area contributed by atoms with Gasteiger partial charge in [-0.05, 0) is 37.3 Å². The number of rotatable bonds is 5. The Balaban J connectivity index is 1.60. The van der Waals surface area contributed by atoms with Crippen molar-refractivity contribution >= 4 is 11.4 Å². The van der Waals surface area contributed by atoms with Crippen molar-refractivity contribution in [3.8, 4) is 17.1 Å². The monoisotopic (exact) mass is 444 g/mol. The molecule has 8 nitrogen and oxygen atoms in total. The molecule has 2 aromatic heterocycles. The van der Waals surface area contributed by atoms with E-state index in [9.17, 15) is 4.79 Å². The Bertz CT molecular complexity index is 1380. The van der Waals surface area contributed by atoms with Crippen molar-refractivity contribution in [2.75, 3.05) is 12.1 Å². The van der Waals surface area contributed by atoms with Crippen LogP contribution in [0.15, 0.2) is 83.1 Å². The SMILES string of the molecule is COc1cn(-c2ccc(-n3cccn3)cc2F)nc(C2CC(C)=NN2c2ccccc2)c1=O. The van der Waals surface area contributed by atoms with Gasteiger partial charge in [0.15, 0.2) is 11.6 Å². The molecule has 3 heterocycles. The zero-order chi connectivity index (χ0) is 22.9. The first-order valence-electron chi connectivity index (χ1n) is 10.4. The van der Waals surface area contributed by atoms with Gasteiger partial charge in [-0.25, -0.2) is 13.8 Å². The minimum atomic E-state index is -0.508. The van der Waals surface area contributed by atoms with Gasteiger partial charge in [-0.2, -0.15) is 15.3 Å². The van der Waals surface area contributed by atoms with E-state index in [0.29, 0.717) is 12.1 Å². The molecule has 0 amide bonds. The molecule has 5 rings (SSSR count). The van der Waals surface area contributed by atoms with Crippen molar-refractivity contribution < 1.29 is 9.13 Å². The third-order valence-electron chi connectivity index (χ3n) is 5.48. The number of para-hydroxylation sites is 1. The molecule has 1 aliphatic rings. The Morgan fingerprint density at radius 1 is 1.06 bits per heavy atom. The molecule has 33 heavy (non-hydrogen) atoms. The minimum absolute atomic E-state index is 0.0770. The zero-order valence-corrected chi connectivity index (χ0v) is 18.1. The van der Waals surface area contributed by atoms with E-state index in [1.165, 1.54) is 24.1 Å². The molecular formula is C24H21FN6O2. The molecule has 1 aliphatic heterocycles. The Morgan fingerprint density at radius 2 is 1.88 bits per heavy atom. The third kappa shape index (κ3) is 3.78. The Hall–Kier alpha value is -4.27. The van der Waals surface area contributed by atoms with Crippen molar-refractivity contribution in [2.24, 2.45) is 5.10 Å². The highest BCUT2D eigenvalue weighted by molar-refractivity contribution is 5.86. The Morgan fingerprint density at radius 3 is 2.58 bits per heavy atom. The van der Waals surface area contributed by atoms with Crippen LogP contribution in [-0.4, -0.2) is 32.4 Å². The smallest absolute Gasteiger partial charge is 0.247 e. The van der Waals surface area contributed by atoms with Crippen molar-refractivity contribution in [1.29, 1.82) is 0 Å². The van der Waals surface area contributed by atoms with Gasteiger partial charge in [0.25, 0.3) is 0 Å². The van der Waals surface area contributed by atoms with E-state index in [4.69, 9.17) is 4.74 Å². The molecule has 0 spiro atoms. The van der Waals surface area contributed by atoms with Crippen LogP contribution < -0.4 is 15.2 Å². The number of hydrazone groups is 1. The lowest BCUT2D eigenvalue weighted by atomic mass is 10.1. The average molecular weight is 444 g/mol. The molecule has 0 bridgehead atoms. The van der Waals surface area contributed by atoms with Gasteiger partial charge in [0.1, 0.15) is 17.4 Å². The number of benzene rings is 2. The highest BCUT2D eigenvalue weighted by Crippen LogP contribution is 2.33. The maximum absolute atomic E-state index is 15.1. The van der Waals surface area contributed by atoms with Crippen molar-refractivity contribution in [2.45, 2.75) is 19.4 Å². The van der Waals surface area contributed by atoms with Gasteiger partial charge >= 0.3 is 0 Å². The number of methoxy groups -OCH3 is 1. The molecule has 0 saturated carbocycles. The van der Waals surface area contributed by atoms with E-state index in [0.717, 1.165) is 11.4 Å². The predicted molar refractivity (Wildman–Crippen MR) is 123 cm³/mol. The van der Waals surface area contributed by atoms with E-state index >= 15 is 4.39 Å². The number of ether oxygens (including phenoxy) is 1. The van der Waals surface area contributed by atoms with Gasteiger partial charge in [0.05, 0.1) is 24.7 Å². The van der Waals surface area contributed by atoms with Crippen LogP contribution >= 0.6 is 0 Å². The van der Waals surface area contributed by atoms with Gasteiger partial charge in [0.2, 0.25) is 5.43 Å². The minimum Gasteiger partial charge on any atom is -0.491 e. The molecule has 4 aromatic rings. The fourth-order valence-electron chi connectivity index (χ4n) is 3.91. The standard InChI is InChI=1S/C24H21FN6O2/c1-16-13-21(31(27-16)17-7-4-3-5-8-17)23-24(32)22(33-2)15-30(28-23)20-10-9-18(14-19(20)25)29-12-6-11-26-29/h3-12,14-15,21H,13H2,1-2H3. The number of anilines is 1. The highest BCUT2D eigenvalue weighted by Gasteiger charge is 2.32. The fourth-order valence-corrected chi connectivity index (χ4v) is 3.91. The number of nitrogens with zero attached hydrogens (tertiary/aromatic N) is 6. The zero-order valence-electron chi connectivity index (χ0n) is 18.1. The molecule has 9 heteroatoms. The summed E-state index contributed by atoms with van der Waals surface area (Å²) in [5.74, 6) is -0.431. The van der Waals surface area contributed by atoms with Crippen LogP contribution in [0.3, 0.4) is 0 Å². The van der Waals surface area contributed by atoms with E-state index in [1.54, 1.807) is 40.3 Å². The summed E-state index contributed by atoms with van der Waals surface area (Å²) in [6, 6.07) is 15.6. The van der Waals surface area contributed by atoms with Crippen LogP contribution in [0.2, 0.25) is 0 Å². The maximum atomic E-state index is 15.1. The molecule has 0 radical (unpaired) electrons. The summed E-state index contributed by atoms with van der Waals surface area (Å²) in [6.45, 7) is 1.91. The summed E-state index contributed by atoms with van der Waals surface area (Å²) < 4.78 is 23.4. The summed E-state index contributed by atoms with van der Waals surface area (Å²) in [6.07, 6.45) is 5.27. The Labute approximate surface area is 189 Å². The third-order valence-corrected chi connectivity index (χ3v) is 5.48. The summed E-state index contributed by atoms with van der Waals surface area (Å²) in [4.78, 5) is 13.2. The van der Waals surface area contributed by atoms with Gasteiger partial charge in [-0.1, -0.05) is 18.2 Å². The summed E-state index contributed by atoms with van der Waals surface area (Å²) in [5.41, 5.74) is 2.35. The molecule has 0 saturated heterocycles. The van der Waals surface area contributed by atoms with Crippen molar-refractivity contribution in [3.63, 3.8) is 0 Å². The number of hydrogen-bond acceptors (Lipinski definition) is 6. The predicted octanol–water partition coefficient (Wildman–Crippen LogP) is 3.89. The maximum Gasteiger partial charge on any atom is 0.247 e.